The van der Waals surface area contributed by atoms with Gasteiger partial charge < -0.3 is 14.9 Å². The molecule has 0 aromatic carbocycles. The van der Waals surface area contributed by atoms with Gasteiger partial charge in [-0.15, -0.1) is 0 Å². The van der Waals surface area contributed by atoms with E-state index in [1.54, 1.807) is 0 Å². The minimum atomic E-state index is 0. The highest BCUT2D eigenvalue weighted by Crippen LogP contribution is 2.18. The highest BCUT2D eigenvalue weighted by Gasteiger charge is 2.09. The van der Waals surface area contributed by atoms with Gasteiger partial charge >= 0.3 is 0 Å². The van der Waals surface area contributed by atoms with Gasteiger partial charge in [0.2, 0.25) is 0 Å². The first kappa shape index (κ1) is 37.6. The highest BCUT2D eigenvalue weighted by atomic mass is 16.5. The molecule has 38 heavy (non-hydrogen) atoms. The van der Waals surface area contributed by atoms with E-state index < -0.39 is 0 Å². The number of aliphatic hydroxyl groups is 2. The summed E-state index contributed by atoms with van der Waals surface area (Å²) in [5, 5.41) is 17.6. The van der Waals surface area contributed by atoms with E-state index in [1.165, 1.54) is 128 Å². The van der Waals surface area contributed by atoms with Crippen molar-refractivity contribution >= 4 is 5.78 Å². The second kappa shape index (κ2) is 29.5. The van der Waals surface area contributed by atoms with Crippen LogP contribution in [0, 0.1) is 0 Å². The molecule has 0 radical (unpaired) electrons. The molecule has 0 bridgehead atoms. The first-order chi connectivity index (χ1) is 18.2. The molecule has 4 nitrogen and oxygen atoms in total. The lowest BCUT2D eigenvalue weighted by molar-refractivity contribution is -0.120. The molecule has 1 saturated heterocycles. The minimum Gasteiger partial charge on any atom is -0.393 e. The summed E-state index contributed by atoms with van der Waals surface area (Å²) < 4.78 is 5.07. The molecule has 6 rings (SSSR count). The first-order valence-electron chi connectivity index (χ1n) is 16.6. The molecule has 5 aliphatic carbocycles. The van der Waals surface area contributed by atoms with Crippen molar-refractivity contribution in [3.05, 3.63) is 0 Å². The Bertz CT molecular complexity index is 406. The summed E-state index contributed by atoms with van der Waals surface area (Å²) in [5.74, 6) is 0.464. The average molecular weight is 541 g/mol. The molecule has 2 N–H and O–H groups in total. The smallest absolute Gasteiger partial charge is 0.132 e. The zero-order valence-corrected chi connectivity index (χ0v) is 24.6. The van der Waals surface area contributed by atoms with Gasteiger partial charge in [0, 0.05) is 26.1 Å². The van der Waals surface area contributed by atoms with Crippen molar-refractivity contribution in [2.24, 2.45) is 0 Å². The fourth-order valence-electron chi connectivity index (χ4n) is 5.56. The number of hydrogen-bond acceptors (Lipinski definition) is 4. The molecule has 228 valence electrons. The van der Waals surface area contributed by atoms with Gasteiger partial charge in [-0.2, -0.15) is 0 Å². The lowest BCUT2D eigenvalue weighted by atomic mass is 9.98. The monoisotopic (exact) mass is 541 g/mol. The van der Waals surface area contributed by atoms with Crippen molar-refractivity contribution in [1.82, 2.24) is 0 Å². The van der Waals surface area contributed by atoms with Crippen molar-refractivity contribution < 1.29 is 19.7 Å². The van der Waals surface area contributed by atoms with E-state index in [0.717, 1.165) is 64.6 Å². The van der Waals surface area contributed by atoms with Crippen LogP contribution in [-0.4, -0.2) is 41.4 Å². The standard InChI is InChI=1S/C6H12O.C6H10O.C6H12.2C5H10O.C5H10.CH4/c2*7-6-4-2-1-3-5-6;2*1-2-4-6-5-3-1;6-5-3-1-2-4-5;1-2-4-5-3-1;/h6-7H,1-5H2;1-5H2;1-6H2;1-5H2;5-6H,1-4H2;1-5H2;1H4. The van der Waals surface area contributed by atoms with Crippen molar-refractivity contribution in [2.75, 3.05) is 13.2 Å². The summed E-state index contributed by atoms with van der Waals surface area (Å²) in [5.41, 5.74) is 0. The van der Waals surface area contributed by atoms with E-state index in [2.05, 4.69) is 0 Å². The van der Waals surface area contributed by atoms with Crippen molar-refractivity contribution in [1.29, 1.82) is 0 Å². The molecule has 6 aliphatic rings. The van der Waals surface area contributed by atoms with Crippen molar-refractivity contribution in [2.45, 2.75) is 199 Å². The number of carbonyl (C=O) groups is 1. The van der Waals surface area contributed by atoms with Gasteiger partial charge in [0.05, 0.1) is 12.2 Å². The molecule has 6 fully saturated rings. The van der Waals surface area contributed by atoms with Gasteiger partial charge in [0.15, 0.2) is 0 Å². The number of carbonyl (C=O) groups excluding carboxylic acids is 1. The Labute approximate surface area is 238 Å². The van der Waals surface area contributed by atoms with Crippen LogP contribution in [0.25, 0.3) is 0 Å². The molecule has 0 unspecified atom stereocenters. The van der Waals surface area contributed by atoms with Crippen molar-refractivity contribution in [3.63, 3.8) is 0 Å². The summed E-state index contributed by atoms with van der Waals surface area (Å²) in [6.07, 6.45) is 36.2. The summed E-state index contributed by atoms with van der Waals surface area (Å²) in [7, 11) is 0. The van der Waals surface area contributed by atoms with E-state index in [9.17, 15) is 4.79 Å². The van der Waals surface area contributed by atoms with Crippen LogP contribution in [0.5, 0.6) is 0 Å². The molecule has 0 spiro atoms. The summed E-state index contributed by atoms with van der Waals surface area (Å²) >= 11 is 0. The van der Waals surface area contributed by atoms with Crippen LogP contribution < -0.4 is 0 Å². The Morgan fingerprint density at radius 1 is 0.421 bits per heavy atom. The third-order valence-electron chi connectivity index (χ3n) is 8.14. The van der Waals surface area contributed by atoms with E-state index in [1.807, 2.05) is 0 Å². The maximum atomic E-state index is 10.5. The van der Waals surface area contributed by atoms with Gasteiger partial charge in [-0.3, -0.25) is 4.79 Å². The van der Waals surface area contributed by atoms with Gasteiger partial charge in [-0.05, 0) is 57.8 Å². The summed E-state index contributed by atoms with van der Waals surface area (Å²) in [4.78, 5) is 10.5. The maximum absolute atomic E-state index is 10.5. The maximum Gasteiger partial charge on any atom is 0.132 e. The van der Waals surface area contributed by atoms with Gasteiger partial charge in [0.25, 0.3) is 0 Å². The largest absolute Gasteiger partial charge is 0.393 e. The van der Waals surface area contributed by atoms with Crippen molar-refractivity contribution in [3.8, 4) is 0 Å². The molecule has 0 amide bonds. The average Bonchev–Trinajstić information content (AvgIpc) is 3.71. The van der Waals surface area contributed by atoms with Gasteiger partial charge in [-0.25, -0.2) is 0 Å². The predicted octanol–water partition coefficient (Wildman–Crippen LogP) is 9.87. The van der Waals surface area contributed by atoms with Crippen LogP contribution >= 0.6 is 0 Å². The Morgan fingerprint density at radius 2 is 0.684 bits per heavy atom. The summed E-state index contributed by atoms with van der Waals surface area (Å²) in [6, 6.07) is 0. The first-order valence-corrected chi connectivity index (χ1v) is 16.6. The predicted molar refractivity (Wildman–Crippen MR) is 164 cm³/mol. The summed E-state index contributed by atoms with van der Waals surface area (Å²) in [6.45, 7) is 2.00. The fraction of sp³-hybridized carbons (Fsp3) is 0.971. The van der Waals surface area contributed by atoms with E-state index in [4.69, 9.17) is 14.9 Å². The van der Waals surface area contributed by atoms with Crippen LogP contribution in [-0.2, 0) is 9.53 Å². The number of hydrogen-bond donors (Lipinski definition) is 2. The highest BCUT2D eigenvalue weighted by molar-refractivity contribution is 5.78. The number of ether oxygens (including phenoxy) is 1. The topological polar surface area (TPSA) is 66.8 Å². The fourth-order valence-corrected chi connectivity index (χ4v) is 5.56. The van der Waals surface area contributed by atoms with E-state index in [-0.39, 0.29) is 19.6 Å². The Morgan fingerprint density at radius 3 is 0.868 bits per heavy atom. The molecular formula is C34H68O4. The molecule has 0 aromatic heterocycles. The van der Waals surface area contributed by atoms with Crippen LogP contribution in [0.15, 0.2) is 0 Å². The third-order valence-corrected chi connectivity index (χ3v) is 8.14. The second-order valence-corrected chi connectivity index (χ2v) is 11.9. The molecular weight excluding hydrogens is 472 g/mol. The number of ketones is 1. The zero-order chi connectivity index (χ0) is 26.7. The molecule has 0 aromatic rings. The lowest BCUT2D eigenvalue weighted by Gasteiger charge is -2.14. The lowest BCUT2D eigenvalue weighted by Crippen LogP contribution is -2.09. The molecule has 4 heteroatoms. The Hall–Kier alpha value is -0.450. The Balaban J connectivity index is 0.000000431. The molecule has 1 aliphatic heterocycles. The minimum absolute atomic E-state index is 0. The SMILES string of the molecule is C.C1CCCC1.C1CCCCC1.C1CCOCC1.O=C1CCCCC1.OC1CCCC1.OC1CCCCC1. The van der Waals surface area contributed by atoms with Gasteiger partial charge in [0.1, 0.15) is 5.78 Å². The van der Waals surface area contributed by atoms with E-state index >= 15 is 0 Å². The normalized spacial score (nSPS) is 23.6. The van der Waals surface area contributed by atoms with Gasteiger partial charge in [-0.1, -0.05) is 117 Å². The van der Waals surface area contributed by atoms with Crippen LogP contribution in [0.2, 0.25) is 0 Å². The second-order valence-electron chi connectivity index (χ2n) is 11.9. The number of aliphatic hydroxyl groups excluding tert-OH is 2. The van der Waals surface area contributed by atoms with Crippen LogP contribution in [0.4, 0.5) is 0 Å². The molecule has 5 saturated carbocycles. The van der Waals surface area contributed by atoms with E-state index in [0.29, 0.717) is 5.78 Å². The Kier molecular flexibility index (Phi) is 29.2. The van der Waals surface area contributed by atoms with Crippen LogP contribution in [0.1, 0.15) is 187 Å². The zero-order valence-electron chi connectivity index (χ0n) is 24.6. The number of rotatable bonds is 0. The quantitative estimate of drug-likeness (QED) is 0.321. The third kappa shape index (κ3) is 27.1. The van der Waals surface area contributed by atoms with Crippen LogP contribution in [0.3, 0.4) is 0 Å². The molecule has 1 heterocycles. The molecule has 0 atom stereocenters. The number of Topliss-reactive ketones (excluding diaryl/α,β-unsaturated/α-hetero) is 1.